The van der Waals surface area contributed by atoms with Gasteiger partial charge >= 0.3 is 0 Å². The average molecular weight is 286 g/mol. The second-order valence-electron chi connectivity index (χ2n) is 6.28. The van der Waals surface area contributed by atoms with Crippen LogP contribution < -0.4 is 4.89 Å². The first-order valence-electron chi connectivity index (χ1n) is 7.18. The topological polar surface area (TPSA) is 18.5 Å². The quantitative estimate of drug-likeness (QED) is 0.709. The Bertz CT molecular complexity index is 672. The molecule has 1 aliphatic heterocycles. The lowest BCUT2D eigenvalue weighted by atomic mass is 9.88. The van der Waals surface area contributed by atoms with Crippen molar-refractivity contribution in [3.63, 3.8) is 0 Å². The number of benzene rings is 2. The molecular weight excluding hydrogens is 267 g/mol. The highest BCUT2D eigenvalue weighted by atomic mass is 19.1. The van der Waals surface area contributed by atoms with E-state index < -0.39 is 5.60 Å². The van der Waals surface area contributed by atoms with Crippen LogP contribution in [-0.2, 0) is 10.5 Å². The third-order valence-electron chi connectivity index (χ3n) is 3.92. The van der Waals surface area contributed by atoms with Crippen molar-refractivity contribution in [3.8, 4) is 16.9 Å². The van der Waals surface area contributed by atoms with Crippen LogP contribution in [0.2, 0.25) is 0 Å². The summed E-state index contributed by atoms with van der Waals surface area (Å²) in [7, 11) is 0. The predicted octanol–water partition coefficient (Wildman–Crippen LogP) is 5.18. The Hall–Kier alpha value is -1.87. The molecule has 0 aliphatic carbocycles. The number of rotatable bonds is 2. The Labute approximate surface area is 124 Å². The monoisotopic (exact) mass is 286 g/mol. The smallest absolute Gasteiger partial charge is 0.179 e. The van der Waals surface area contributed by atoms with Gasteiger partial charge in [0.15, 0.2) is 5.75 Å². The van der Waals surface area contributed by atoms with Crippen molar-refractivity contribution >= 4 is 0 Å². The van der Waals surface area contributed by atoms with Gasteiger partial charge in [-0.3, -0.25) is 0 Å². The van der Waals surface area contributed by atoms with Gasteiger partial charge in [0.1, 0.15) is 11.4 Å². The largest absolute Gasteiger partial charge is 0.336 e. The third kappa shape index (κ3) is 2.42. The van der Waals surface area contributed by atoms with Crippen LogP contribution in [0.3, 0.4) is 0 Å². The molecule has 0 N–H and O–H groups in total. The van der Waals surface area contributed by atoms with Crippen molar-refractivity contribution < 1.29 is 14.2 Å². The van der Waals surface area contributed by atoms with Crippen LogP contribution in [0, 0.1) is 5.82 Å². The minimum atomic E-state index is -0.477. The zero-order valence-corrected chi connectivity index (χ0v) is 12.7. The summed E-state index contributed by atoms with van der Waals surface area (Å²) in [6.45, 7) is 8.27. The molecule has 2 aromatic carbocycles. The summed E-state index contributed by atoms with van der Waals surface area (Å²) in [5.74, 6) is 0.884. The van der Waals surface area contributed by atoms with Crippen molar-refractivity contribution in [1.82, 2.24) is 0 Å². The number of hydrogen-bond donors (Lipinski definition) is 0. The summed E-state index contributed by atoms with van der Waals surface area (Å²) in [6.07, 6.45) is 0. The van der Waals surface area contributed by atoms with Gasteiger partial charge in [-0.05, 0) is 55.2 Å². The van der Waals surface area contributed by atoms with E-state index in [0.717, 1.165) is 22.4 Å². The Balaban J connectivity index is 2.23. The minimum Gasteiger partial charge on any atom is -0.336 e. The lowest BCUT2D eigenvalue weighted by molar-refractivity contribution is -0.260. The molecule has 0 spiro atoms. The lowest BCUT2D eigenvalue weighted by Gasteiger charge is -2.16. The SMILES string of the molecule is CC(C)c1cc(-c2ccc(F)cc2)c2c(c1)C(C)(C)OO2. The predicted molar refractivity (Wildman–Crippen MR) is 80.7 cm³/mol. The van der Waals surface area contributed by atoms with E-state index >= 15 is 0 Å². The van der Waals surface area contributed by atoms with Crippen molar-refractivity contribution in [2.75, 3.05) is 0 Å². The number of hydrogen-bond acceptors (Lipinski definition) is 2. The average Bonchev–Trinajstić information content (AvgIpc) is 2.75. The van der Waals surface area contributed by atoms with Gasteiger partial charge in [-0.25, -0.2) is 4.39 Å². The molecule has 2 aromatic rings. The van der Waals surface area contributed by atoms with E-state index in [-0.39, 0.29) is 5.82 Å². The van der Waals surface area contributed by atoms with Gasteiger partial charge in [-0.2, -0.15) is 4.89 Å². The maximum Gasteiger partial charge on any atom is 0.179 e. The molecule has 1 heterocycles. The number of fused-ring (bicyclic) bond motifs is 1. The fourth-order valence-corrected chi connectivity index (χ4v) is 2.56. The lowest BCUT2D eigenvalue weighted by Crippen LogP contribution is -2.15. The van der Waals surface area contributed by atoms with Gasteiger partial charge in [0.25, 0.3) is 0 Å². The summed E-state index contributed by atoms with van der Waals surface area (Å²) in [5.41, 5.74) is 3.65. The first-order valence-corrected chi connectivity index (χ1v) is 7.18. The van der Waals surface area contributed by atoms with E-state index in [4.69, 9.17) is 9.78 Å². The summed E-state index contributed by atoms with van der Waals surface area (Å²) in [4.78, 5) is 10.9. The fourth-order valence-electron chi connectivity index (χ4n) is 2.56. The molecule has 0 saturated heterocycles. The zero-order chi connectivity index (χ0) is 15.2. The van der Waals surface area contributed by atoms with Crippen LogP contribution in [0.5, 0.6) is 5.75 Å². The Kier molecular flexibility index (Phi) is 3.25. The molecule has 0 aromatic heterocycles. The van der Waals surface area contributed by atoms with Crippen LogP contribution in [0.15, 0.2) is 36.4 Å². The zero-order valence-electron chi connectivity index (χ0n) is 12.7. The summed E-state index contributed by atoms with van der Waals surface area (Å²) in [6, 6.07) is 10.7. The number of halogens is 1. The first-order chi connectivity index (χ1) is 9.88. The van der Waals surface area contributed by atoms with E-state index in [1.54, 1.807) is 12.1 Å². The van der Waals surface area contributed by atoms with E-state index in [2.05, 4.69) is 26.0 Å². The molecule has 110 valence electrons. The molecule has 0 unspecified atom stereocenters. The molecular formula is C18H19FO2. The first kappa shape index (κ1) is 14.1. The third-order valence-corrected chi connectivity index (χ3v) is 3.92. The van der Waals surface area contributed by atoms with E-state index in [0.29, 0.717) is 5.92 Å². The molecule has 3 heteroatoms. The molecule has 0 fully saturated rings. The van der Waals surface area contributed by atoms with Gasteiger partial charge < -0.3 is 4.89 Å². The molecule has 3 rings (SSSR count). The van der Waals surface area contributed by atoms with E-state index in [1.165, 1.54) is 17.7 Å². The standard InChI is InChI=1S/C18H19FO2/c1-11(2)13-9-15(12-5-7-14(19)8-6-12)17-16(10-13)18(3,4)21-20-17/h5-11H,1-4H3. The highest BCUT2D eigenvalue weighted by Crippen LogP contribution is 2.46. The molecule has 0 radical (unpaired) electrons. The minimum absolute atomic E-state index is 0.243. The Morgan fingerprint density at radius 3 is 2.33 bits per heavy atom. The Morgan fingerprint density at radius 1 is 1.05 bits per heavy atom. The summed E-state index contributed by atoms with van der Waals surface area (Å²) >= 11 is 0. The Morgan fingerprint density at radius 2 is 1.71 bits per heavy atom. The maximum absolute atomic E-state index is 13.2. The van der Waals surface area contributed by atoms with Gasteiger partial charge in [0.2, 0.25) is 0 Å². The molecule has 21 heavy (non-hydrogen) atoms. The molecule has 0 saturated carbocycles. The van der Waals surface area contributed by atoms with Gasteiger partial charge in [-0.15, -0.1) is 0 Å². The highest BCUT2D eigenvalue weighted by Gasteiger charge is 2.36. The second kappa shape index (κ2) is 4.85. The van der Waals surface area contributed by atoms with Crippen molar-refractivity contribution in [3.05, 3.63) is 53.3 Å². The molecule has 0 atom stereocenters. The summed E-state index contributed by atoms with van der Waals surface area (Å²) < 4.78 is 13.2. The van der Waals surface area contributed by atoms with Crippen molar-refractivity contribution in [2.45, 2.75) is 39.2 Å². The molecule has 1 aliphatic rings. The molecule has 0 bridgehead atoms. The second-order valence-corrected chi connectivity index (χ2v) is 6.28. The van der Waals surface area contributed by atoms with E-state index in [9.17, 15) is 4.39 Å². The van der Waals surface area contributed by atoms with Gasteiger partial charge in [0, 0.05) is 11.1 Å². The van der Waals surface area contributed by atoms with Crippen LogP contribution in [0.1, 0.15) is 44.7 Å². The van der Waals surface area contributed by atoms with Crippen LogP contribution in [0.25, 0.3) is 11.1 Å². The van der Waals surface area contributed by atoms with Crippen molar-refractivity contribution in [2.24, 2.45) is 0 Å². The van der Waals surface area contributed by atoms with Gasteiger partial charge in [0.05, 0.1) is 0 Å². The van der Waals surface area contributed by atoms with Crippen LogP contribution in [-0.4, -0.2) is 0 Å². The molecule has 2 nitrogen and oxygen atoms in total. The highest BCUT2D eigenvalue weighted by molar-refractivity contribution is 5.74. The van der Waals surface area contributed by atoms with Crippen LogP contribution >= 0.6 is 0 Å². The van der Waals surface area contributed by atoms with Crippen molar-refractivity contribution in [1.29, 1.82) is 0 Å². The maximum atomic E-state index is 13.2. The normalized spacial score (nSPS) is 15.9. The fraction of sp³-hybridized carbons (Fsp3) is 0.333. The van der Waals surface area contributed by atoms with Crippen LogP contribution in [0.4, 0.5) is 4.39 Å². The molecule has 0 amide bonds. The van der Waals surface area contributed by atoms with Gasteiger partial charge in [-0.1, -0.05) is 26.0 Å². The van der Waals surface area contributed by atoms with E-state index in [1.807, 2.05) is 13.8 Å². The summed E-state index contributed by atoms with van der Waals surface area (Å²) in [5, 5.41) is 0.